The van der Waals surface area contributed by atoms with Gasteiger partial charge in [0.2, 0.25) is 0 Å². The van der Waals surface area contributed by atoms with Crippen molar-refractivity contribution in [3.8, 4) is 5.75 Å². The number of pyridine rings is 1. The molecule has 0 spiro atoms. The van der Waals surface area contributed by atoms with E-state index in [1.807, 2.05) is 23.1 Å². The molecular formula is C14H19N5O. The maximum Gasteiger partial charge on any atom is 0.139 e. The van der Waals surface area contributed by atoms with E-state index in [0.717, 1.165) is 10.9 Å². The average Bonchev–Trinajstić information content (AvgIpc) is 2.38. The number of hydrogen-bond donors (Lipinski definition) is 4. The molecule has 2 atom stereocenters. The molecular weight excluding hydrogens is 254 g/mol. The van der Waals surface area contributed by atoms with E-state index in [-0.39, 0.29) is 24.1 Å². The van der Waals surface area contributed by atoms with Crippen molar-refractivity contribution in [1.82, 2.24) is 4.98 Å². The van der Waals surface area contributed by atoms with Gasteiger partial charge >= 0.3 is 0 Å². The van der Waals surface area contributed by atoms with Gasteiger partial charge in [-0.2, -0.15) is 0 Å². The molecule has 6 nitrogen and oxygen atoms in total. The summed E-state index contributed by atoms with van der Waals surface area (Å²) in [5.41, 5.74) is 19.6. The summed E-state index contributed by atoms with van der Waals surface area (Å²) in [5.74, 6) is 0.159. The summed E-state index contributed by atoms with van der Waals surface area (Å²) in [6, 6.07) is 7.24. The van der Waals surface area contributed by atoms with E-state index in [2.05, 4.69) is 4.98 Å². The van der Waals surface area contributed by atoms with Crippen molar-refractivity contribution in [2.75, 3.05) is 4.90 Å². The standard InChI is InChI=1S/C14H19N5O/c15-9-5-13(16)19(14(17)6-9)11-7-10-8(4-12(11)20)2-1-3-18-10/h1-4,7,9,13-14,20H,5-6,15-17H2. The summed E-state index contributed by atoms with van der Waals surface area (Å²) in [6.07, 6.45) is 2.40. The summed E-state index contributed by atoms with van der Waals surface area (Å²) in [5, 5.41) is 11.1. The molecule has 2 unspecified atom stereocenters. The van der Waals surface area contributed by atoms with Crippen LogP contribution in [0.2, 0.25) is 0 Å². The summed E-state index contributed by atoms with van der Waals surface area (Å²) < 4.78 is 0. The Kier molecular flexibility index (Phi) is 3.21. The van der Waals surface area contributed by atoms with E-state index < -0.39 is 0 Å². The minimum Gasteiger partial charge on any atom is -0.506 e. The van der Waals surface area contributed by atoms with Gasteiger partial charge in [-0.25, -0.2) is 0 Å². The average molecular weight is 273 g/mol. The molecule has 1 aromatic heterocycles. The lowest BCUT2D eigenvalue weighted by Crippen LogP contribution is -2.60. The molecule has 0 aliphatic carbocycles. The van der Waals surface area contributed by atoms with Crippen LogP contribution in [0.1, 0.15) is 12.8 Å². The van der Waals surface area contributed by atoms with E-state index in [4.69, 9.17) is 17.2 Å². The number of aromatic hydroxyl groups is 1. The fraction of sp³-hybridized carbons (Fsp3) is 0.357. The van der Waals surface area contributed by atoms with Crippen LogP contribution in [-0.4, -0.2) is 28.5 Å². The molecule has 0 amide bonds. The molecule has 0 radical (unpaired) electrons. The first kappa shape index (κ1) is 13.1. The van der Waals surface area contributed by atoms with Crippen molar-refractivity contribution in [2.45, 2.75) is 31.2 Å². The van der Waals surface area contributed by atoms with Gasteiger partial charge in [0, 0.05) is 17.6 Å². The Morgan fingerprint density at radius 1 is 1.15 bits per heavy atom. The molecule has 106 valence electrons. The van der Waals surface area contributed by atoms with Crippen molar-refractivity contribution in [2.24, 2.45) is 17.2 Å². The van der Waals surface area contributed by atoms with E-state index in [9.17, 15) is 5.11 Å². The number of hydrogen-bond acceptors (Lipinski definition) is 6. The lowest BCUT2D eigenvalue weighted by atomic mass is 9.99. The van der Waals surface area contributed by atoms with Crippen LogP contribution in [0.25, 0.3) is 10.9 Å². The molecule has 3 rings (SSSR count). The fourth-order valence-electron chi connectivity index (χ4n) is 2.85. The first-order valence-electron chi connectivity index (χ1n) is 6.69. The molecule has 6 heteroatoms. The lowest BCUT2D eigenvalue weighted by molar-refractivity contribution is 0.348. The molecule has 1 aliphatic heterocycles. The van der Waals surface area contributed by atoms with Gasteiger partial charge in [-0.05, 0) is 31.0 Å². The number of anilines is 1. The minimum atomic E-state index is -0.305. The molecule has 7 N–H and O–H groups in total. The number of piperidine rings is 1. The van der Waals surface area contributed by atoms with Crippen LogP contribution in [-0.2, 0) is 0 Å². The van der Waals surface area contributed by atoms with Crippen LogP contribution < -0.4 is 22.1 Å². The van der Waals surface area contributed by atoms with Crippen LogP contribution >= 0.6 is 0 Å². The van der Waals surface area contributed by atoms with Crippen LogP contribution in [0.4, 0.5) is 5.69 Å². The molecule has 2 heterocycles. The first-order valence-corrected chi connectivity index (χ1v) is 6.69. The molecule has 1 saturated heterocycles. The number of aromatic nitrogens is 1. The molecule has 20 heavy (non-hydrogen) atoms. The van der Waals surface area contributed by atoms with Crippen molar-refractivity contribution >= 4 is 16.6 Å². The second kappa shape index (κ2) is 4.90. The minimum absolute atomic E-state index is 0.00280. The number of nitrogens with zero attached hydrogens (tertiary/aromatic N) is 2. The molecule has 1 aromatic carbocycles. The summed E-state index contributed by atoms with van der Waals surface area (Å²) in [4.78, 5) is 6.12. The highest BCUT2D eigenvalue weighted by Gasteiger charge is 2.31. The van der Waals surface area contributed by atoms with E-state index in [1.54, 1.807) is 12.3 Å². The summed E-state index contributed by atoms with van der Waals surface area (Å²) in [7, 11) is 0. The lowest BCUT2D eigenvalue weighted by Gasteiger charge is -2.42. The van der Waals surface area contributed by atoms with Gasteiger partial charge in [0.1, 0.15) is 5.75 Å². The van der Waals surface area contributed by atoms with Crippen LogP contribution in [0, 0.1) is 0 Å². The number of phenols is 1. The Balaban J connectivity index is 2.06. The monoisotopic (exact) mass is 273 g/mol. The number of phenolic OH excluding ortho intramolecular Hbond substituents is 1. The van der Waals surface area contributed by atoms with Gasteiger partial charge in [0.15, 0.2) is 0 Å². The van der Waals surface area contributed by atoms with Gasteiger partial charge in [0.25, 0.3) is 0 Å². The Hall–Kier alpha value is -1.89. The topological polar surface area (TPSA) is 114 Å². The Labute approximate surface area is 117 Å². The van der Waals surface area contributed by atoms with Crippen molar-refractivity contribution in [3.05, 3.63) is 30.5 Å². The maximum atomic E-state index is 10.3. The molecule has 1 fully saturated rings. The molecule has 1 aliphatic rings. The maximum absolute atomic E-state index is 10.3. The van der Waals surface area contributed by atoms with Crippen molar-refractivity contribution < 1.29 is 5.11 Å². The third-order valence-electron chi connectivity index (χ3n) is 3.78. The number of fused-ring (bicyclic) bond motifs is 1. The molecule has 2 aromatic rings. The highest BCUT2D eigenvalue weighted by molar-refractivity contribution is 5.85. The molecule has 0 saturated carbocycles. The van der Waals surface area contributed by atoms with E-state index >= 15 is 0 Å². The van der Waals surface area contributed by atoms with Crippen LogP contribution in [0.5, 0.6) is 5.75 Å². The van der Waals surface area contributed by atoms with Crippen molar-refractivity contribution in [1.29, 1.82) is 0 Å². The second-order valence-corrected chi connectivity index (χ2v) is 5.31. The fourth-order valence-corrected chi connectivity index (χ4v) is 2.85. The van der Waals surface area contributed by atoms with Gasteiger partial charge < -0.3 is 27.2 Å². The summed E-state index contributed by atoms with van der Waals surface area (Å²) in [6.45, 7) is 0. The highest BCUT2D eigenvalue weighted by Crippen LogP contribution is 2.35. The zero-order chi connectivity index (χ0) is 14.3. The predicted octanol–water partition coefficient (Wildman–Crippen LogP) is 0.437. The highest BCUT2D eigenvalue weighted by atomic mass is 16.3. The van der Waals surface area contributed by atoms with Gasteiger partial charge in [-0.3, -0.25) is 4.98 Å². The quantitative estimate of drug-likeness (QED) is 0.599. The molecule has 0 bridgehead atoms. The largest absolute Gasteiger partial charge is 0.506 e. The zero-order valence-electron chi connectivity index (χ0n) is 11.1. The zero-order valence-corrected chi connectivity index (χ0v) is 11.1. The van der Waals surface area contributed by atoms with Crippen LogP contribution in [0.3, 0.4) is 0 Å². The van der Waals surface area contributed by atoms with Gasteiger partial charge in [-0.15, -0.1) is 0 Å². The van der Waals surface area contributed by atoms with Gasteiger partial charge in [-0.1, -0.05) is 6.07 Å². The predicted molar refractivity (Wildman–Crippen MR) is 79.0 cm³/mol. The van der Waals surface area contributed by atoms with Crippen molar-refractivity contribution in [3.63, 3.8) is 0 Å². The van der Waals surface area contributed by atoms with Crippen LogP contribution in [0.15, 0.2) is 30.5 Å². The number of benzene rings is 1. The third kappa shape index (κ3) is 2.18. The first-order chi connectivity index (χ1) is 9.56. The number of nitrogens with two attached hydrogens (primary N) is 3. The third-order valence-corrected chi connectivity index (χ3v) is 3.78. The summed E-state index contributed by atoms with van der Waals surface area (Å²) >= 11 is 0. The second-order valence-electron chi connectivity index (χ2n) is 5.31. The number of rotatable bonds is 1. The van der Waals surface area contributed by atoms with E-state index in [1.165, 1.54) is 0 Å². The Morgan fingerprint density at radius 2 is 1.85 bits per heavy atom. The Bertz CT molecular complexity index is 620. The normalized spacial score (nSPS) is 26.9. The SMILES string of the molecule is NC1CC(N)N(c2cc3ncccc3cc2O)C(N)C1. The van der Waals surface area contributed by atoms with Gasteiger partial charge in [0.05, 0.1) is 23.5 Å². The smallest absolute Gasteiger partial charge is 0.139 e. The Morgan fingerprint density at radius 3 is 2.55 bits per heavy atom. The van der Waals surface area contributed by atoms with E-state index in [0.29, 0.717) is 18.5 Å².